The molecule has 0 bridgehead atoms. The standard InChI is InChI=1S/C18H13ClF4N2OS/c1-25(2)13-6-3-9(18(21,22)23)7-12(13)24-17(26)16-15(19)11-5-4-10(20)8-14(11)27-16/h3-8H,1-2H3,(H,24,26). The van der Waals surface area contributed by atoms with Gasteiger partial charge in [0.25, 0.3) is 5.91 Å². The second-order valence-corrected chi connectivity index (χ2v) is 7.39. The minimum Gasteiger partial charge on any atom is -0.376 e. The Morgan fingerprint density at radius 2 is 1.85 bits per heavy atom. The molecule has 3 rings (SSSR count). The van der Waals surface area contributed by atoms with Gasteiger partial charge in [-0.15, -0.1) is 11.3 Å². The van der Waals surface area contributed by atoms with E-state index in [2.05, 4.69) is 5.32 Å². The summed E-state index contributed by atoms with van der Waals surface area (Å²) in [7, 11) is 3.29. The summed E-state index contributed by atoms with van der Waals surface area (Å²) in [5, 5.41) is 3.12. The molecule has 0 aliphatic carbocycles. The summed E-state index contributed by atoms with van der Waals surface area (Å²) >= 11 is 7.18. The van der Waals surface area contributed by atoms with Crippen molar-refractivity contribution in [1.29, 1.82) is 0 Å². The highest BCUT2D eigenvalue weighted by Gasteiger charge is 2.31. The molecule has 0 saturated carbocycles. The zero-order chi connectivity index (χ0) is 19.9. The minimum atomic E-state index is -4.54. The molecule has 142 valence electrons. The molecule has 0 saturated heterocycles. The van der Waals surface area contributed by atoms with Crippen LogP contribution in [0.1, 0.15) is 15.2 Å². The first-order valence-electron chi connectivity index (χ1n) is 7.65. The average Bonchev–Trinajstić information content (AvgIpc) is 2.90. The maximum atomic E-state index is 13.4. The van der Waals surface area contributed by atoms with Crippen LogP contribution in [0.3, 0.4) is 0 Å². The summed E-state index contributed by atoms with van der Waals surface area (Å²) in [5.41, 5.74) is -0.480. The molecule has 3 nitrogen and oxygen atoms in total. The summed E-state index contributed by atoms with van der Waals surface area (Å²) in [6.45, 7) is 0. The third kappa shape index (κ3) is 3.86. The summed E-state index contributed by atoms with van der Waals surface area (Å²) < 4.78 is 52.9. The number of amides is 1. The highest BCUT2D eigenvalue weighted by molar-refractivity contribution is 7.21. The molecule has 0 fully saturated rings. The van der Waals surface area contributed by atoms with Gasteiger partial charge in [0.05, 0.1) is 22.0 Å². The molecule has 9 heteroatoms. The molecular weight excluding hydrogens is 404 g/mol. The third-order valence-corrected chi connectivity index (χ3v) is 5.51. The smallest absolute Gasteiger partial charge is 0.376 e. The van der Waals surface area contributed by atoms with Crippen molar-refractivity contribution in [2.45, 2.75) is 6.18 Å². The Labute approximate surface area is 161 Å². The van der Waals surface area contributed by atoms with Gasteiger partial charge in [0.2, 0.25) is 0 Å². The number of thiophene rings is 1. The first-order chi connectivity index (χ1) is 12.6. The van der Waals surface area contributed by atoms with Crippen LogP contribution in [0.4, 0.5) is 28.9 Å². The average molecular weight is 417 g/mol. The number of rotatable bonds is 3. The van der Waals surface area contributed by atoms with Crippen LogP contribution in [0.25, 0.3) is 10.1 Å². The van der Waals surface area contributed by atoms with Gasteiger partial charge in [-0.25, -0.2) is 4.39 Å². The lowest BCUT2D eigenvalue weighted by Gasteiger charge is -2.19. The van der Waals surface area contributed by atoms with Gasteiger partial charge in [-0.05, 0) is 36.4 Å². The number of carbonyl (C=O) groups excluding carboxylic acids is 1. The molecule has 1 aromatic heterocycles. The Morgan fingerprint density at radius 3 is 2.48 bits per heavy atom. The molecule has 0 unspecified atom stereocenters. The van der Waals surface area contributed by atoms with Crippen LogP contribution in [0, 0.1) is 5.82 Å². The Bertz CT molecular complexity index is 1030. The predicted molar refractivity (Wildman–Crippen MR) is 101 cm³/mol. The van der Waals surface area contributed by atoms with E-state index in [1.807, 2.05) is 0 Å². The van der Waals surface area contributed by atoms with Crippen LogP contribution in [-0.2, 0) is 6.18 Å². The van der Waals surface area contributed by atoms with E-state index in [4.69, 9.17) is 11.6 Å². The van der Waals surface area contributed by atoms with E-state index in [1.54, 1.807) is 19.0 Å². The number of nitrogens with one attached hydrogen (secondary N) is 1. The molecular formula is C18H13ClF4N2OS. The van der Waals surface area contributed by atoms with Gasteiger partial charge in [-0.3, -0.25) is 4.79 Å². The van der Waals surface area contributed by atoms with E-state index in [0.29, 0.717) is 15.8 Å². The highest BCUT2D eigenvalue weighted by atomic mass is 35.5. The molecule has 1 heterocycles. The molecule has 1 amide bonds. The fourth-order valence-corrected chi connectivity index (χ4v) is 4.00. The number of carbonyl (C=O) groups is 1. The van der Waals surface area contributed by atoms with Crippen LogP contribution in [0.2, 0.25) is 5.02 Å². The largest absolute Gasteiger partial charge is 0.416 e. The fourth-order valence-electron chi connectivity index (χ4n) is 2.57. The number of anilines is 2. The second-order valence-electron chi connectivity index (χ2n) is 5.96. The number of alkyl halides is 3. The molecule has 0 aliphatic rings. The Morgan fingerprint density at radius 1 is 1.15 bits per heavy atom. The van der Waals surface area contributed by atoms with Gasteiger partial charge in [-0.1, -0.05) is 11.6 Å². The number of hydrogen-bond acceptors (Lipinski definition) is 3. The Balaban J connectivity index is 2.01. The van der Waals surface area contributed by atoms with E-state index in [-0.39, 0.29) is 15.6 Å². The summed E-state index contributed by atoms with van der Waals surface area (Å²) in [5.74, 6) is -1.14. The van der Waals surface area contributed by atoms with Crippen molar-refractivity contribution in [3.05, 3.63) is 57.7 Å². The van der Waals surface area contributed by atoms with E-state index in [0.717, 1.165) is 23.5 Å². The van der Waals surface area contributed by atoms with Crippen molar-refractivity contribution >= 4 is 50.3 Å². The topological polar surface area (TPSA) is 32.3 Å². The molecule has 27 heavy (non-hydrogen) atoms. The zero-order valence-electron chi connectivity index (χ0n) is 14.1. The molecule has 0 radical (unpaired) electrons. The normalized spacial score (nSPS) is 11.7. The van der Waals surface area contributed by atoms with Gasteiger partial charge in [-0.2, -0.15) is 13.2 Å². The second kappa shape index (κ2) is 7.01. The number of hydrogen-bond donors (Lipinski definition) is 1. The summed E-state index contributed by atoms with van der Waals surface area (Å²) in [4.78, 5) is 14.3. The highest BCUT2D eigenvalue weighted by Crippen LogP contribution is 2.38. The van der Waals surface area contributed by atoms with Crippen LogP contribution in [-0.4, -0.2) is 20.0 Å². The van der Waals surface area contributed by atoms with Crippen molar-refractivity contribution in [1.82, 2.24) is 0 Å². The number of fused-ring (bicyclic) bond motifs is 1. The van der Waals surface area contributed by atoms with Crippen molar-refractivity contribution < 1.29 is 22.4 Å². The molecule has 0 aliphatic heterocycles. The molecule has 3 aromatic rings. The SMILES string of the molecule is CN(C)c1ccc(C(F)(F)F)cc1NC(=O)c1sc2cc(F)ccc2c1Cl. The number of halogens is 5. The van der Waals surface area contributed by atoms with Crippen LogP contribution >= 0.6 is 22.9 Å². The minimum absolute atomic E-state index is 0.000437. The van der Waals surface area contributed by atoms with Crippen molar-refractivity contribution in [3.8, 4) is 0 Å². The van der Waals surface area contributed by atoms with Crippen LogP contribution < -0.4 is 10.2 Å². The third-order valence-electron chi connectivity index (χ3n) is 3.85. The monoisotopic (exact) mass is 416 g/mol. The predicted octanol–water partition coefficient (Wildman–Crippen LogP) is 6.03. The lowest BCUT2D eigenvalue weighted by Crippen LogP contribution is -2.17. The van der Waals surface area contributed by atoms with Crippen molar-refractivity contribution in [2.24, 2.45) is 0 Å². The van der Waals surface area contributed by atoms with Crippen LogP contribution in [0.15, 0.2) is 36.4 Å². The lowest BCUT2D eigenvalue weighted by atomic mass is 10.1. The van der Waals surface area contributed by atoms with E-state index >= 15 is 0 Å². The van der Waals surface area contributed by atoms with Gasteiger partial charge < -0.3 is 10.2 Å². The Kier molecular flexibility index (Phi) is 5.05. The Hall–Kier alpha value is -2.32. The molecule has 0 atom stereocenters. The van der Waals surface area contributed by atoms with Crippen LogP contribution in [0.5, 0.6) is 0 Å². The number of benzene rings is 2. The first-order valence-corrected chi connectivity index (χ1v) is 8.85. The molecule has 1 N–H and O–H groups in total. The molecule has 2 aromatic carbocycles. The fraction of sp³-hybridized carbons (Fsp3) is 0.167. The maximum Gasteiger partial charge on any atom is 0.416 e. The number of nitrogens with zero attached hydrogens (tertiary/aromatic N) is 1. The molecule has 0 spiro atoms. The van der Waals surface area contributed by atoms with Gasteiger partial charge >= 0.3 is 6.18 Å². The quantitative estimate of drug-likeness (QED) is 0.528. The van der Waals surface area contributed by atoms with Crippen molar-refractivity contribution in [3.63, 3.8) is 0 Å². The summed E-state index contributed by atoms with van der Waals surface area (Å²) in [6.07, 6.45) is -4.54. The van der Waals surface area contributed by atoms with E-state index < -0.39 is 23.5 Å². The van der Waals surface area contributed by atoms with Gasteiger partial charge in [0.15, 0.2) is 0 Å². The van der Waals surface area contributed by atoms with Crippen molar-refractivity contribution in [2.75, 3.05) is 24.3 Å². The summed E-state index contributed by atoms with van der Waals surface area (Å²) in [6, 6.07) is 7.02. The lowest BCUT2D eigenvalue weighted by molar-refractivity contribution is -0.137. The van der Waals surface area contributed by atoms with E-state index in [1.165, 1.54) is 24.3 Å². The zero-order valence-corrected chi connectivity index (χ0v) is 15.7. The maximum absolute atomic E-state index is 13.4. The first kappa shape index (κ1) is 19.4. The van der Waals surface area contributed by atoms with E-state index in [9.17, 15) is 22.4 Å². The van der Waals surface area contributed by atoms with Gasteiger partial charge in [0, 0.05) is 24.2 Å². The van der Waals surface area contributed by atoms with Gasteiger partial charge in [0.1, 0.15) is 10.7 Å².